The van der Waals surface area contributed by atoms with Gasteiger partial charge in [-0.2, -0.15) is 5.10 Å². The van der Waals surface area contributed by atoms with Gasteiger partial charge >= 0.3 is 0 Å². The third-order valence-corrected chi connectivity index (χ3v) is 5.87. The van der Waals surface area contributed by atoms with Crippen LogP contribution in [-0.4, -0.2) is 18.3 Å². The molecule has 0 aliphatic carbocycles. The molecule has 0 amide bonds. The Balaban J connectivity index is 1.39. The Morgan fingerprint density at radius 3 is 2.66 bits per heavy atom. The van der Waals surface area contributed by atoms with E-state index in [1.54, 1.807) is 25.5 Å². The zero-order valence-electron chi connectivity index (χ0n) is 17.1. The van der Waals surface area contributed by atoms with Gasteiger partial charge in [-0.05, 0) is 35.9 Å². The fraction of sp³-hybridized carbons (Fsp3) is 0.0833. The molecule has 1 aromatic heterocycles. The maximum absolute atomic E-state index is 6.21. The van der Waals surface area contributed by atoms with Gasteiger partial charge in [0.05, 0.1) is 19.0 Å². The lowest BCUT2D eigenvalue weighted by Crippen LogP contribution is -1.99. The quantitative estimate of drug-likeness (QED) is 0.213. The van der Waals surface area contributed by atoms with E-state index in [9.17, 15) is 0 Å². The number of hydrazone groups is 1. The van der Waals surface area contributed by atoms with Gasteiger partial charge in [0.1, 0.15) is 6.61 Å². The van der Waals surface area contributed by atoms with Crippen LogP contribution < -0.4 is 14.9 Å². The number of anilines is 1. The highest BCUT2D eigenvalue weighted by atomic mass is 35.5. The molecule has 3 aromatic carbocycles. The minimum Gasteiger partial charge on any atom is -0.493 e. The van der Waals surface area contributed by atoms with Crippen LogP contribution in [0.25, 0.3) is 11.3 Å². The van der Waals surface area contributed by atoms with Gasteiger partial charge in [0.25, 0.3) is 0 Å². The molecular formula is C24H19Cl2N3O2S. The van der Waals surface area contributed by atoms with Crippen molar-refractivity contribution in [3.8, 4) is 22.8 Å². The van der Waals surface area contributed by atoms with Crippen LogP contribution in [0.15, 0.2) is 77.2 Å². The fourth-order valence-corrected chi connectivity index (χ4v) is 4.04. The second kappa shape index (κ2) is 10.5. The van der Waals surface area contributed by atoms with E-state index in [0.717, 1.165) is 22.4 Å². The van der Waals surface area contributed by atoms with Gasteiger partial charge in [0.15, 0.2) is 11.5 Å². The van der Waals surface area contributed by atoms with Crippen LogP contribution in [0.1, 0.15) is 11.1 Å². The van der Waals surface area contributed by atoms with Crippen molar-refractivity contribution in [3.63, 3.8) is 0 Å². The molecule has 0 aliphatic heterocycles. The lowest BCUT2D eigenvalue weighted by atomic mass is 10.2. The molecule has 0 saturated carbocycles. The number of ether oxygens (including phenoxy) is 2. The Hall–Kier alpha value is -3.06. The van der Waals surface area contributed by atoms with E-state index >= 15 is 0 Å². The summed E-state index contributed by atoms with van der Waals surface area (Å²) in [5.74, 6) is 1.20. The summed E-state index contributed by atoms with van der Waals surface area (Å²) in [5.41, 5.74) is 6.65. The van der Waals surface area contributed by atoms with Gasteiger partial charge in [-0.3, -0.25) is 5.43 Å². The van der Waals surface area contributed by atoms with Crippen LogP contribution in [0.3, 0.4) is 0 Å². The van der Waals surface area contributed by atoms with Gasteiger partial charge in [0, 0.05) is 26.6 Å². The monoisotopic (exact) mass is 483 g/mol. The second-order valence-electron chi connectivity index (χ2n) is 6.71. The van der Waals surface area contributed by atoms with E-state index in [4.69, 9.17) is 32.7 Å². The van der Waals surface area contributed by atoms with E-state index < -0.39 is 0 Å². The summed E-state index contributed by atoms with van der Waals surface area (Å²) in [6.07, 6.45) is 1.70. The fourth-order valence-electron chi connectivity index (χ4n) is 2.91. The second-order valence-corrected chi connectivity index (χ2v) is 8.41. The average Bonchev–Trinajstić information content (AvgIpc) is 3.28. The first-order valence-electron chi connectivity index (χ1n) is 9.67. The van der Waals surface area contributed by atoms with Crippen molar-refractivity contribution >= 4 is 45.9 Å². The Morgan fingerprint density at radius 1 is 1.03 bits per heavy atom. The molecule has 0 fully saturated rings. The van der Waals surface area contributed by atoms with Crippen LogP contribution in [0, 0.1) is 0 Å². The first-order valence-corrected chi connectivity index (χ1v) is 11.3. The number of hydrogen-bond acceptors (Lipinski definition) is 6. The number of nitrogens with zero attached hydrogens (tertiary/aromatic N) is 2. The Labute approximate surface area is 200 Å². The smallest absolute Gasteiger partial charge is 0.203 e. The minimum atomic E-state index is 0.301. The van der Waals surface area contributed by atoms with E-state index in [1.165, 1.54) is 11.3 Å². The molecule has 1 heterocycles. The number of hydrogen-bond donors (Lipinski definition) is 1. The van der Waals surface area contributed by atoms with Crippen molar-refractivity contribution in [2.75, 3.05) is 12.5 Å². The number of methoxy groups -OCH3 is 1. The van der Waals surface area contributed by atoms with Crippen LogP contribution in [0.2, 0.25) is 10.0 Å². The normalized spacial score (nSPS) is 11.0. The molecule has 5 nitrogen and oxygen atoms in total. The zero-order valence-corrected chi connectivity index (χ0v) is 19.4. The number of thiazole rings is 1. The number of aromatic nitrogens is 1. The molecular weight excluding hydrogens is 465 g/mol. The summed E-state index contributed by atoms with van der Waals surface area (Å²) in [7, 11) is 1.59. The number of halogens is 2. The van der Waals surface area contributed by atoms with Crippen LogP contribution in [-0.2, 0) is 6.61 Å². The molecule has 0 spiro atoms. The maximum atomic E-state index is 6.21. The van der Waals surface area contributed by atoms with Crippen LogP contribution in [0.4, 0.5) is 5.13 Å². The lowest BCUT2D eigenvalue weighted by Gasteiger charge is -2.12. The summed E-state index contributed by atoms with van der Waals surface area (Å²) in [6.45, 7) is 0.301. The van der Waals surface area contributed by atoms with Crippen molar-refractivity contribution < 1.29 is 9.47 Å². The predicted octanol–water partition coefficient (Wildman–Crippen LogP) is 7.15. The highest BCUT2D eigenvalue weighted by molar-refractivity contribution is 7.14. The van der Waals surface area contributed by atoms with Crippen molar-refractivity contribution in [2.24, 2.45) is 5.10 Å². The molecule has 32 heavy (non-hydrogen) atoms. The van der Waals surface area contributed by atoms with E-state index in [0.29, 0.717) is 33.3 Å². The van der Waals surface area contributed by atoms with Gasteiger partial charge in [-0.25, -0.2) is 4.98 Å². The Kier molecular flexibility index (Phi) is 7.27. The number of rotatable bonds is 8. The molecule has 8 heteroatoms. The lowest BCUT2D eigenvalue weighted by molar-refractivity contribution is 0.284. The van der Waals surface area contributed by atoms with E-state index in [2.05, 4.69) is 15.5 Å². The van der Waals surface area contributed by atoms with Crippen LogP contribution >= 0.6 is 34.5 Å². The maximum Gasteiger partial charge on any atom is 0.203 e. The average molecular weight is 484 g/mol. The van der Waals surface area contributed by atoms with Gasteiger partial charge in [0.2, 0.25) is 5.13 Å². The van der Waals surface area contributed by atoms with Crippen molar-refractivity contribution in [1.29, 1.82) is 0 Å². The predicted molar refractivity (Wildman–Crippen MR) is 133 cm³/mol. The SMILES string of the molecule is COc1cc(/C=N/Nc2nc(-c3ccccc3)cs2)ccc1OCc1ccc(Cl)cc1Cl. The highest BCUT2D eigenvalue weighted by Crippen LogP contribution is 2.30. The highest BCUT2D eigenvalue weighted by Gasteiger charge is 2.08. The largest absolute Gasteiger partial charge is 0.493 e. The molecule has 0 unspecified atom stereocenters. The van der Waals surface area contributed by atoms with Gasteiger partial charge < -0.3 is 9.47 Å². The van der Waals surface area contributed by atoms with Crippen molar-refractivity contribution in [1.82, 2.24) is 4.98 Å². The summed E-state index contributed by atoms with van der Waals surface area (Å²) in [4.78, 5) is 4.56. The molecule has 162 valence electrons. The number of nitrogens with one attached hydrogen (secondary N) is 1. The third-order valence-electron chi connectivity index (χ3n) is 4.53. The van der Waals surface area contributed by atoms with Gasteiger partial charge in [-0.1, -0.05) is 59.6 Å². The van der Waals surface area contributed by atoms with E-state index in [1.807, 2.05) is 60.0 Å². The first-order chi connectivity index (χ1) is 15.6. The zero-order chi connectivity index (χ0) is 22.3. The molecule has 0 saturated heterocycles. The summed E-state index contributed by atoms with van der Waals surface area (Å²) >= 11 is 13.7. The molecule has 0 aliphatic rings. The standard InChI is InChI=1S/C24H19Cl2N3O2S/c1-30-23-11-16(7-10-22(23)31-14-18-8-9-19(25)12-20(18)26)13-27-29-24-28-21(15-32-24)17-5-3-2-4-6-17/h2-13,15H,14H2,1H3,(H,28,29)/b27-13+. The summed E-state index contributed by atoms with van der Waals surface area (Å²) in [5, 5.41) is 8.14. The van der Waals surface area contributed by atoms with Crippen molar-refractivity contribution in [3.05, 3.63) is 93.3 Å². The van der Waals surface area contributed by atoms with Gasteiger partial charge in [-0.15, -0.1) is 11.3 Å². The van der Waals surface area contributed by atoms with Crippen LogP contribution in [0.5, 0.6) is 11.5 Å². The Morgan fingerprint density at radius 2 is 1.88 bits per heavy atom. The molecule has 1 N–H and O–H groups in total. The third kappa shape index (κ3) is 5.59. The summed E-state index contributed by atoms with van der Waals surface area (Å²) in [6, 6.07) is 20.9. The minimum absolute atomic E-state index is 0.301. The molecule has 0 atom stereocenters. The summed E-state index contributed by atoms with van der Waals surface area (Å²) < 4.78 is 11.4. The van der Waals surface area contributed by atoms with E-state index in [-0.39, 0.29) is 0 Å². The molecule has 0 bridgehead atoms. The molecule has 4 aromatic rings. The first kappa shape index (κ1) is 22.1. The molecule has 0 radical (unpaired) electrons. The number of benzene rings is 3. The molecule has 4 rings (SSSR count). The topological polar surface area (TPSA) is 55.7 Å². The van der Waals surface area contributed by atoms with Crippen molar-refractivity contribution in [2.45, 2.75) is 6.61 Å². The Bertz CT molecular complexity index is 1230.